The van der Waals surface area contributed by atoms with Gasteiger partial charge >= 0.3 is 0 Å². The first-order valence-electron chi connectivity index (χ1n) is 6.15. The summed E-state index contributed by atoms with van der Waals surface area (Å²) < 4.78 is 8.95. The van der Waals surface area contributed by atoms with Crippen molar-refractivity contribution in [2.45, 2.75) is 6.92 Å². The van der Waals surface area contributed by atoms with E-state index in [1.54, 1.807) is 7.11 Å². The SMILES string of the molecule is COc1ccc2c(c1)[nH]c(=S)n2-c1ccc(C)cc1Br. The molecule has 3 aromatic rings. The molecule has 1 aromatic heterocycles. The van der Waals surface area contributed by atoms with Crippen LogP contribution in [-0.4, -0.2) is 16.7 Å². The van der Waals surface area contributed by atoms with E-state index in [-0.39, 0.29) is 0 Å². The molecule has 0 saturated carbocycles. The zero-order chi connectivity index (χ0) is 14.3. The number of benzene rings is 2. The molecule has 0 spiro atoms. The summed E-state index contributed by atoms with van der Waals surface area (Å²) in [6, 6.07) is 12.1. The van der Waals surface area contributed by atoms with Gasteiger partial charge in [0.1, 0.15) is 5.75 Å². The third-order valence-electron chi connectivity index (χ3n) is 3.23. The van der Waals surface area contributed by atoms with Crippen LogP contribution in [0, 0.1) is 11.7 Å². The van der Waals surface area contributed by atoms with Gasteiger partial charge in [-0.15, -0.1) is 0 Å². The number of hydrogen-bond acceptors (Lipinski definition) is 2. The Morgan fingerprint density at radius 2 is 2.00 bits per heavy atom. The number of aromatic nitrogens is 2. The summed E-state index contributed by atoms with van der Waals surface area (Å²) in [5.41, 5.74) is 4.22. The number of methoxy groups -OCH3 is 1. The fraction of sp³-hybridized carbons (Fsp3) is 0.133. The molecule has 3 nitrogen and oxygen atoms in total. The highest BCUT2D eigenvalue weighted by molar-refractivity contribution is 9.10. The van der Waals surface area contributed by atoms with E-state index in [2.05, 4.69) is 46.0 Å². The second-order valence-electron chi connectivity index (χ2n) is 4.60. The van der Waals surface area contributed by atoms with Crippen LogP contribution in [0.4, 0.5) is 0 Å². The van der Waals surface area contributed by atoms with Gasteiger partial charge in [-0.25, -0.2) is 0 Å². The Balaban J connectivity index is 2.31. The number of aryl methyl sites for hydroxylation is 1. The Kier molecular flexibility index (Phi) is 3.40. The summed E-state index contributed by atoms with van der Waals surface area (Å²) in [7, 11) is 1.66. The highest BCUT2D eigenvalue weighted by Gasteiger charge is 2.10. The number of rotatable bonds is 2. The van der Waals surface area contributed by atoms with Gasteiger partial charge in [0.15, 0.2) is 4.77 Å². The lowest BCUT2D eigenvalue weighted by molar-refractivity contribution is 0.415. The third-order valence-corrected chi connectivity index (χ3v) is 4.15. The normalized spacial score (nSPS) is 10.9. The molecule has 20 heavy (non-hydrogen) atoms. The Hall–Kier alpha value is -1.59. The number of hydrogen-bond donors (Lipinski definition) is 1. The maximum Gasteiger partial charge on any atom is 0.182 e. The van der Waals surface area contributed by atoms with Gasteiger partial charge in [-0.3, -0.25) is 4.57 Å². The lowest BCUT2D eigenvalue weighted by atomic mass is 10.2. The average molecular weight is 349 g/mol. The molecule has 0 amide bonds. The summed E-state index contributed by atoms with van der Waals surface area (Å²) >= 11 is 9.06. The molecule has 1 N–H and O–H groups in total. The van der Waals surface area contributed by atoms with Crippen LogP contribution >= 0.6 is 28.1 Å². The van der Waals surface area contributed by atoms with Gasteiger partial charge < -0.3 is 9.72 Å². The standard InChI is InChI=1S/C15H13BrN2OS/c1-9-3-5-13(11(16)7-9)18-14-6-4-10(19-2)8-12(14)17-15(18)20/h3-8H,1-2H3,(H,17,20). The number of H-pyrrole nitrogens is 1. The largest absolute Gasteiger partial charge is 0.497 e. The molecule has 0 unspecified atom stereocenters. The van der Waals surface area contributed by atoms with Crippen molar-refractivity contribution >= 4 is 39.2 Å². The minimum Gasteiger partial charge on any atom is -0.497 e. The van der Waals surface area contributed by atoms with E-state index in [0.29, 0.717) is 4.77 Å². The second-order valence-corrected chi connectivity index (χ2v) is 5.84. The van der Waals surface area contributed by atoms with E-state index >= 15 is 0 Å². The quantitative estimate of drug-likeness (QED) is 0.676. The first kappa shape index (κ1) is 13.4. The van der Waals surface area contributed by atoms with E-state index in [9.17, 15) is 0 Å². The minimum absolute atomic E-state index is 0.665. The van der Waals surface area contributed by atoms with Crippen LogP contribution in [0.25, 0.3) is 16.7 Å². The number of ether oxygens (including phenoxy) is 1. The molecule has 0 radical (unpaired) electrons. The first-order chi connectivity index (χ1) is 9.60. The van der Waals surface area contributed by atoms with Crippen molar-refractivity contribution in [3.63, 3.8) is 0 Å². The van der Waals surface area contributed by atoms with Crippen molar-refractivity contribution in [1.82, 2.24) is 9.55 Å². The van der Waals surface area contributed by atoms with Crippen LogP contribution in [0.2, 0.25) is 0 Å². The van der Waals surface area contributed by atoms with Crippen LogP contribution in [-0.2, 0) is 0 Å². The molecule has 2 aromatic carbocycles. The zero-order valence-electron chi connectivity index (χ0n) is 11.1. The molecule has 0 fully saturated rings. The molecular weight excluding hydrogens is 336 g/mol. The molecule has 102 valence electrons. The van der Waals surface area contributed by atoms with Gasteiger partial charge in [0, 0.05) is 10.5 Å². The zero-order valence-corrected chi connectivity index (χ0v) is 13.5. The van der Waals surface area contributed by atoms with E-state index in [4.69, 9.17) is 17.0 Å². The first-order valence-corrected chi connectivity index (χ1v) is 7.35. The predicted molar refractivity (Wildman–Crippen MR) is 87.4 cm³/mol. The lowest BCUT2D eigenvalue weighted by Crippen LogP contribution is -1.95. The maximum atomic E-state index is 5.45. The molecule has 0 aliphatic heterocycles. The van der Waals surface area contributed by atoms with Crippen molar-refractivity contribution in [3.8, 4) is 11.4 Å². The average Bonchev–Trinajstić information content (AvgIpc) is 2.74. The van der Waals surface area contributed by atoms with E-state index in [1.807, 2.05) is 22.8 Å². The fourth-order valence-corrected chi connectivity index (χ4v) is 3.23. The Bertz CT molecular complexity index is 851. The van der Waals surface area contributed by atoms with Crippen LogP contribution in [0.15, 0.2) is 40.9 Å². The van der Waals surface area contributed by atoms with Gasteiger partial charge in [0.05, 0.1) is 23.8 Å². The van der Waals surface area contributed by atoms with Crippen molar-refractivity contribution in [3.05, 3.63) is 51.2 Å². The highest BCUT2D eigenvalue weighted by atomic mass is 79.9. The van der Waals surface area contributed by atoms with Crippen molar-refractivity contribution < 1.29 is 4.74 Å². The summed E-state index contributed by atoms with van der Waals surface area (Å²) in [5.74, 6) is 0.809. The molecular formula is C15H13BrN2OS. The van der Waals surface area contributed by atoms with Crippen LogP contribution < -0.4 is 4.74 Å². The molecule has 0 aliphatic rings. The van der Waals surface area contributed by atoms with E-state index in [1.165, 1.54) is 5.56 Å². The molecule has 5 heteroatoms. The molecule has 1 heterocycles. The Morgan fingerprint density at radius 1 is 1.20 bits per heavy atom. The van der Waals surface area contributed by atoms with Crippen molar-refractivity contribution in [2.24, 2.45) is 0 Å². The second kappa shape index (κ2) is 5.07. The summed E-state index contributed by atoms with van der Waals surface area (Å²) in [6.45, 7) is 2.06. The van der Waals surface area contributed by atoms with E-state index < -0.39 is 0 Å². The van der Waals surface area contributed by atoms with Crippen molar-refractivity contribution in [2.75, 3.05) is 7.11 Å². The third kappa shape index (κ3) is 2.17. The molecule has 0 atom stereocenters. The number of fused-ring (bicyclic) bond motifs is 1. The van der Waals surface area contributed by atoms with Crippen LogP contribution in [0.1, 0.15) is 5.56 Å². The minimum atomic E-state index is 0.665. The number of nitrogens with zero attached hydrogens (tertiary/aromatic N) is 1. The number of halogens is 1. The van der Waals surface area contributed by atoms with E-state index in [0.717, 1.165) is 26.9 Å². The summed E-state index contributed by atoms with van der Waals surface area (Å²) in [6.07, 6.45) is 0. The molecule has 0 saturated heterocycles. The lowest BCUT2D eigenvalue weighted by Gasteiger charge is -2.08. The molecule has 3 rings (SSSR count). The molecule has 0 bridgehead atoms. The number of imidazole rings is 1. The predicted octanol–water partition coefficient (Wildman–Crippen LogP) is 4.77. The van der Waals surface area contributed by atoms with Gasteiger partial charge in [-0.2, -0.15) is 0 Å². The topological polar surface area (TPSA) is 29.9 Å². The monoisotopic (exact) mass is 348 g/mol. The van der Waals surface area contributed by atoms with Gasteiger partial charge in [-0.05, 0) is 64.9 Å². The smallest absolute Gasteiger partial charge is 0.182 e. The van der Waals surface area contributed by atoms with Crippen molar-refractivity contribution in [1.29, 1.82) is 0 Å². The van der Waals surface area contributed by atoms with Gasteiger partial charge in [-0.1, -0.05) is 6.07 Å². The van der Waals surface area contributed by atoms with Gasteiger partial charge in [0.25, 0.3) is 0 Å². The van der Waals surface area contributed by atoms with Gasteiger partial charge in [0.2, 0.25) is 0 Å². The van der Waals surface area contributed by atoms with Crippen LogP contribution in [0.3, 0.4) is 0 Å². The summed E-state index contributed by atoms with van der Waals surface area (Å²) in [4.78, 5) is 3.22. The number of aromatic amines is 1. The molecule has 0 aliphatic carbocycles. The Morgan fingerprint density at radius 3 is 2.70 bits per heavy atom. The fourth-order valence-electron chi connectivity index (χ4n) is 2.25. The number of nitrogens with one attached hydrogen (secondary N) is 1. The van der Waals surface area contributed by atoms with Crippen LogP contribution in [0.5, 0.6) is 5.75 Å². The Labute approximate surface area is 130 Å². The maximum absolute atomic E-state index is 5.45. The summed E-state index contributed by atoms with van der Waals surface area (Å²) in [5, 5.41) is 0. The highest BCUT2D eigenvalue weighted by Crippen LogP contribution is 2.28.